The number of carbonyl (C=O) groups is 3. The van der Waals surface area contributed by atoms with E-state index in [0.717, 1.165) is 0 Å². The number of piperidine rings is 1. The number of rotatable bonds is 3. The molecular weight excluding hydrogens is 324 g/mol. The molecule has 25 heavy (non-hydrogen) atoms. The lowest BCUT2D eigenvalue weighted by atomic mass is 9.85. The van der Waals surface area contributed by atoms with Gasteiger partial charge in [0.15, 0.2) is 0 Å². The van der Waals surface area contributed by atoms with Crippen molar-refractivity contribution < 1.29 is 19.5 Å². The van der Waals surface area contributed by atoms with Crippen molar-refractivity contribution in [1.29, 1.82) is 0 Å². The Bertz CT molecular complexity index is 710. The van der Waals surface area contributed by atoms with Crippen LogP contribution in [0, 0.1) is 5.92 Å². The predicted octanol–water partition coefficient (Wildman–Crippen LogP) is 0.970. The van der Waals surface area contributed by atoms with Crippen LogP contribution in [0.15, 0.2) is 18.5 Å². The normalized spacial score (nSPS) is 19.6. The van der Waals surface area contributed by atoms with E-state index >= 15 is 0 Å². The number of carbonyl (C=O) groups excluding carboxylic acids is 3. The first kappa shape index (κ1) is 17.2. The lowest BCUT2D eigenvalue weighted by molar-refractivity contribution is -0.129. The molecule has 0 radical (unpaired) electrons. The minimum atomic E-state index is -0.866. The van der Waals surface area contributed by atoms with Crippen LogP contribution < -0.4 is 5.32 Å². The number of urea groups is 1. The third-order valence-electron chi connectivity index (χ3n) is 4.80. The number of amides is 4. The Morgan fingerprint density at radius 3 is 2.60 bits per heavy atom. The predicted molar refractivity (Wildman–Crippen MR) is 88.9 cm³/mol. The summed E-state index contributed by atoms with van der Waals surface area (Å²) in [6.45, 7) is 5.23. The molecule has 0 bridgehead atoms. The number of likely N-dealkylation sites (tertiary alicyclic amines) is 1. The topological polar surface area (TPSA) is 103 Å². The molecule has 0 aliphatic carbocycles. The molecule has 3 rings (SSSR count). The Morgan fingerprint density at radius 1 is 1.32 bits per heavy atom. The van der Waals surface area contributed by atoms with Crippen molar-refractivity contribution in [3.05, 3.63) is 24.0 Å². The summed E-state index contributed by atoms with van der Waals surface area (Å²) < 4.78 is 0. The zero-order valence-electron chi connectivity index (χ0n) is 14.4. The van der Waals surface area contributed by atoms with Gasteiger partial charge in [-0.3, -0.25) is 19.9 Å². The highest BCUT2D eigenvalue weighted by atomic mass is 16.3. The quantitative estimate of drug-likeness (QED) is 0.794. The third kappa shape index (κ3) is 3.04. The average Bonchev–Trinajstić information content (AvgIpc) is 2.79. The average molecular weight is 346 g/mol. The van der Waals surface area contributed by atoms with Gasteiger partial charge in [-0.2, -0.15) is 0 Å². The molecule has 3 heterocycles. The van der Waals surface area contributed by atoms with E-state index in [1.165, 1.54) is 18.5 Å². The molecule has 8 nitrogen and oxygen atoms in total. The summed E-state index contributed by atoms with van der Waals surface area (Å²) in [5.74, 6) is -0.336. The number of aromatic hydroxyl groups is 1. The van der Waals surface area contributed by atoms with Crippen molar-refractivity contribution in [2.75, 3.05) is 19.6 Å². The largest absolute Gasteiger partial charge is 0.506 e. The van der Waals surface area contributed by atoms with Gasteiger partial charge in [0.2, 0.25) is 0 Å². The molecule has 4 amide bonds. The lowest BCUT2D eigenvalue weighted by Crippen LogP contribution is -2.58. The molecule has 0 aromatic carbocycles. The minimum absolute atomic E-state index is 0.0665. The van der Waals surface area contributed by atoms with Crippen LogP contribution in [0.5, 0.6) is 5.75 Å². The summed E-state index contributed by atoms with van der Waals surface area (Å²) in [7, 11) is 0. The Kier molecular flexibility index (Phi) is 4.36. The van der Waals surface area contributed by atoms with Gasteiger partial charge in [-0.25, -0.2) is 4.79 Å². The zero-order valence-corrected chi connectivity index (χ0v) is 14.4. The molecule has 1 aromatic rings. The van der Waals surface area contributed by atoms with E-state index in [4.69, 9.17) is 0 Å². The summed E-state index contributed by atoms with van der Waals surface area (Å²) in [4.78, 5) is 44.2. The van der Waals surface area contributed by atoms with E-state index in [1.54, 1.807) is 9.80 Å². The highest BCUT2D eigenvalue weighted by Crippen LogP contribution is 2.34. The van der Waals surface area contributed by atoms with Crippen LogP contribution >= 0.6 is 0 Å². The van der Waals surface area contributed by atoms with Crippen molar-refractivity contribution in [3.63, 3.8) is 0 Å². The maximum atomic E-state index is 12.6. The summed E-state index contributed by atoms with van der Waals surface area (Å²) >= 11 is 0. The molecule has 2 aliphatic rings. The van der Waals surface area contributed by atoms with Gasteiger partial charge in [-0.15, -0.1) is 0 Å². The van der Waals surface area contributed by atoms with E-state index in [0.29, 0.717) is 38.0 Å². The van der Waals surface area contributed by atoms with Crippen LogP contribution in [0.25, 0.3) is 0 Å². The number of imide groups is 1. The SMILES string of the molecule is CC(C)CN1C(=O)NC(=O)C12CCN(C(=O)c1cncc(O)c1)CC2. The van der Waals surface area contributed by atoms with Crippen LogP contribution in [-0.4, -0.2) is 62.9 Å². The number of hydrogen-bond donors (Lipinski definition) is 2. The molecule has 0 saturated carbocycles. The number of nitrogens with zero attached hydrogens (tertiary/aromatic N) is 3. The molecule has 0 unspecified atom stereocenters. The Labute approximate surface area is 145 Å². The fourth-order valence-corrected chi connectivity index (χ4v) is 3.52. The van der Waals surface area contributed by atoms with Crippen LogP contribution in [-0.2, 0) is 4.79 Å². The van der Waals surface area contributed by atoms with Crippen LogP contribution in [0.3, 0.4) is 0 Å². The fraction of sp³-hybridized carbons (Fsp3) is 0.529. The lowest BCUT2D eigenvalue weighted by Gasteiger charge is -2.42. The molecule has 134 valence electrons. The number of nitrogens with one attached hydrogen (secondary N) is 1. The van der Waals surface area contributed by atoms with Gasteiger partial charge in [0.25, 0.3) is 11.8 Å². The first-order chi connectivity index (χ1) is 11.8. The van der Waals surface area contributed by atoms with Crippen molar-refractivity contribution in [2.24, 2.45) is 5.92 Å². The highest BCUT2D eigenvalue weighted by Gasteiger charge is 2.54. The summed E-state index contributed by atoms with van der Waals surface area (Å²) in [5.41, 5.74) is -0.559. The second-order valence-electron chi connectivity index (χ2n) is 7.02. The number of aromatic nitrogens is 1. The monoisotopic (exact) mass is 346 g/mol. The van der Waals surface area contributed by atoms with Gasteiger partial charge in [0.1, 0.15) is 11.3 Å². The van der Waals surface area contributed by atoms with E-state index in [9.17, 15) is 19.5 Å². The molecule has 2 fully saturated rings. The van der Waals surface area contributed by atoms with Crippen LogP contribution in [0.2, 0.25) is 0 Å². The summed E-state index contributed by atoms with van der Waals surface area (Å²) in [6, 6.07) is 1.02. The standard InChI is InChI=1S/C17H22N4O4/c1-11(2)10-21-16(25)19-15(24)17(21)3-5-20(6-4-17)14(23)12-7-13(22)9-18-8-12/h7-9,11,22H,3-6,10H2,1-2H3,(H,19,24,25). The van der Waals surface area contributed by atoms with Crippen molar-refractivity contribution in [1.82, 2.24) is 20.1 Å². The van der Waals surface area contributed by atoms with Crippen molar-refractivity contribution in [3.8, 4) is 5.75 Å². The van der Waals surface area contributed by atoms with E-state index in [1.807, 2.05) is 13.8 Å². The van der Waals surface area contributed by atoms with Crippen molar-refractivity contribution in [2.45, 2.75) is 32.2 Å². The molecular formula is C17H22N4O4. The first-order valence-corrected chi connectivity index (χ1v) is 8.40. The molecule has 1 spiro atoms. The van der Waals surface area contributed by atoms with E-state index in [-0.39, 0.29) is 29.5 Å². The molecule has 1 aromatic heterocycles. The Hall–Kier alpha value is -2.64. The summed E-state index contributed by atoms with van der Waals surface area (Å²) in [5, 5.41) is 11.9. The Morgan fingerprint density at radius 2 is 2.00 bits per heavy atom. The third-order valence-corrected chi connectivity index (χ3v) is 4.80. The first-order valence-electron chi connectivity index (χ1n) is 8.40. The smallest absolute Gasteiger partial charge is 0.325 e. The molecule has 2 N–H and O–H groups in total. The summed E-state index contributed by atoms with van der Waals surface area (Å²) in [6.07, 6.45) is 3.47. The van der Waals surface area contributed by atoms with Crippen LogP contribution in [0.1, 0.15) is 37.0 Å². The van der Waals surface area contributed by atoms with Crippen LogP contribution in [0.4, 0.5) is 4.79 Å². The molecule has 2 aliphatic heterocycles. The Balaban J connectivity index is 1.75. The van der Waals surface area contributed by atoms with Gasteiger partial charge in [-0.05, 0) is 24.8 Å². The van der Waals surface area contributed by atoms with Gasteiger partial charge < -0.3 is 14.9 Å². The maximum Gasteiger partial charge on any atom is 0.325 e. The van der Waals surface area contributed by atoms with Gasteiger partial charge in [0.05, 0.1) is 11.8 Å². The number of pyridine rings is 1. The number of hydrogen-bond acceptors (Lipinski definition) is 5. The zero-order chi connectivity index (χ0) is 18.2. The second kappa shape index (κ2) is 6.34. The van der Waals surface area contributed by atoms with Crippen molar-refractivity contribution >= 4 is 17.8 Å². The fourth-order valence-electron chi connectivity index (χ4n) is 3.52. The molecule has 8 heteroatoms. The maximum absolute atomic E-state index is 12.6. The van der Waals surface area contributed by atoms with E-state index < -0.39 is 5.54 Å². The van der Waals surface area contributed by atoms with E-state index in [2.05, 4.69) is 10.3 Å². The second-order valence-corrected chi connectivity index (χ2v) is 7.02. The molecule has 2 saturated heterocycles. The molecule has 0 atom stereocenters. The minimum Gasteiger partial charge on any atom is -0.506 e. The van der Waals surface area contributed by atoms with Gasteiger partial charge in [-0.1, -0.05) is 13.8 Å². The van der Waals surface area contributed by atoms with Gasteiger partial charge >= 0.3 is 6.03 Å². The van der Waals surface area contributed by atoms with Gasteiger partial charge in [0, 0.05) is 25.8 Å². The highest BCUT2D eigenvalue weighted by molar-refractivity contribution is 6.07.